The quantitative estimate of drug-likeness (QED) is 0.591. The second-order valence-corrected chi connectivity index (χ2v) is 8.65. The minimum absolute atomic E-state index is 0.107. The number of rotatable bonds is 5. The predicted molar refractivity (Wildman–Crippen MR) is 123 cm³/mol. The van der Waals surface area contributed by atoms with Crippen LogP contribution in [0.15, 0.2) is 78.9 Å². The molecule has 0 bridgehead atoms. The highest BCUT2D eigenvalue weighted by Crippen LogP contribution is 2.41. The van der Waals surface area contributed by atoms with Gasteiger partial charge in [0, 0.05) is 37.3 Å². The highest BCUT2D eigenvalue weighted by atomic mass is 19.1. The largest absolute Gasteiger partial charge is 0.375 e. The summed E-state index contributed by atoms with van der Waals surface area (Å²) < 4.78 is 19.4. The van der Waals surface area contributed by atoms with Gasteiger partial charge in [0.25, 0.3) is 0 Å². The van der Waals surface area contributed by atoms with E-state index in [4.69, 9.17) is 4.74 Å². The first-order valence-corrected chi connectivity index (χ1v) is 11.2. The van der Waals surface area contributed by atoms with Crippen LogP contribution in [0.4, 0.5) is 10.1 Å². The Kier molecular flexibility index (Phi) is 5.75. The van der Waals surface area contributed by atoms with E-state index >= 15 is 0 Å². The predicted octanol–water partition coefficient (Wildman–Crippen LogP) is 4.85. The minimum Gasteiger partial charge on any atom is -0.375 e. The lowest BCUT2D eigenvalue weighted by Gasteiger charge is -2.42. The van der Waals surface area contributed by atoms with Crippen molar-refractivity contribution in [2.45, 2.75) is 18.4 Å². The molecule has 3 nitrogen and oxygen atoms in total. The Morgan fingerprint density at radius 3 is 2.29 bits per heavy atom. The van der Waals surface area contributed by atoms with E-state index in [1.54, 1.807) is 12.1 Å². The summed E-state index contributed by atoms with van der Waals surface area (Å²) >= 11 is 0. The SMILES string of the molecule is Fc1ccc(N2CCN(CCC3(c4ccccc4)COCc4ccccc43)CC2)cc1. The average Bonchev–Trinajstić information content (AvgIpc) is 2.84. The Morgan fingerprint density at radius 1 is 0.806 bits per heavy atom. The normalized spacial score (nSPS) is 21.6. The number of anilines is 1. The molecular weight excluding hydrogens is 387 g/mol. The third-order valence-electron chi connectivity index (χ3n) is 6.88. The fraction of sp³-hybridized carbons (Fsp3) is 0.333. The molecule has 0 saturated carbocycles. The molecular formula is C27H29FN2O. The molecule has 4 heteroatoms. The molecule has 1 fully saturated rings. The van der Waals surface area contributed by atoms with Gasteiger partial charge in [0.1, 0.15) is 5.82 Å². The Labute approximate surface area is 184 Å². The van der Waals surface area contributed by atoms with Gasteiger partial charge in [-0.1, -0.05) is 54.6 Å². The zero-order valence-electron chi connectivity index (χ0n) is 17.8. The lowest BCUT2D eigenvalue weighted by atomic mass is 9.70. The van der Waals surface area contributed by atoms with Crippen LogP contribution < -0.4 is 4.90 Å². The molecule has 2 aliphatic rings. The van der Waals surface area contributed by atoms with E-state index in [1.807, 2.05) is 12.1 Å². The summed E-state index contributed by atoms with van der Waals surface area (Å²) in [5, 5.41) is 0. The third-order valence-corrected chi connectivity index (χ3v) is 6.88. The van der Waals surface area contributed by atoms with Gasteiger partial charge in [0.05, 0.1) is 13.2 Å². The number of benzene rings is 3. The Hall–Kier alpha value is -2.69. The van der Waals surface area contributed by atoms with Crippen molar-refractivity contribution >= 4 is 5.69 Å². The summed E-state index contributed by atoms with van der Waals surface area (Å²) in [5.74, 6) is -0.177. The number of hydrogen-bond acceptors (Lipinski definition) is 3. The van der Waals surface area contributed by atoms with Gasteiger partial charge in [-0.3, -0.25) is 4.90 Å². The third kappa shape index (κ3) is 4.10. The maximum Gasteiger partial charge on any atom is 0.123 e. The van der Waals surface area contributed by atoms with Crippen LogP contribution in [-0.4, -0.2) is 44.2 Å². The van der Waals surface area contributed by atoms with Gasteiger partial charge in [-0.15, -0.1) is 0 Å². The number of halogens is 1. The van der Waals surface area contributed by atoms with Gasteiger partial charge in [-0.2, -0.15) is 0 Å². The zero-order chi connectivity index (χ0) is 21.1. The Balaban J connectivity index is 1.31. The van der Waals surface area contributed by atoms with E-state index in [9.17, 15) is 4.39 Å². The smallest absolute Gasteiger partial charge is 0.123 e. The average molecular weight is 417 g/mol. The van der Waals surface area contributed by atoms with Crippen LogP contribution in [0.5, 0.6) is 0 Å². The molecule has 5 rings (SSSR count). The van der Waals surface area contributed by atoms with Crippen molar-refractivity contribution in [3.8, 4) is 0 Å². The summed E-state index contributed by atoms with van der Waals surface area (Å²) in [5.41, 5.74) is 5.06. The van der Waals surface area contributed by atoms with Crippen LogP contribution in [0.3, 0.4) is 0 Å². The molecule has 0 amide bonds. The summed E-state index contributed by atoms with van der Waals surface area (Å²) in [6, 6.07) is 26.5. The van der Waals surface area contributed by atoms with E-state index in [2.05, 4.69) is 64.4 Å². The highest BCUT2D eigenvalue weighted by Gasteiger charge is 2.39. The van der Waals surface area contributed by atoms with Gasteiger partial charge >= 0.3 is 0 Å². The van der Waals surface area contributed by atoms with Gasteiger partial charge in [-0.25, -0.2) is 4.39 Å². The second kappa shape index (κ2) is 8.81. The molecule has 1 atom stereocenters. The van der Waals surface area contributed by atoms with Gasteiger partial charge in [0.2, 0.25) is 0 Å². The van der Waals surface area contributed by atoms with Crippen molar-refractivity contribution in [1.82, 2.24) is 4.90 Å². The van der Waals surface area contributed by atoms with Crippen molar-refractivity contribution in [2.75, 3.05) is 44.2 Å². The number of fused-ring (bicyclic) bond motifs is 1. The number of piperazine rings is 1. The van der Waals surface area contributed by atoms with Crippen LogP contribution in [0.25, 0.3) is 0 Å². The molecule has 2 aliphatic heterocycles. The van der Waals surface area contributed by atoms with E-state index in [0.717, 1.165) is 51.4 Å². The van der Waals surface area contributed by atoms with Gasteiger partial charge < -0.3 is 9.64 Å². The van der Waals surface area contributed by atoms with Crippen LogP contribution in [0.2, 0.25) is 0 Å². The topological polar surface area (TPSA) is 15.7 Å². The molecule has 31 heavy (non-hydrogen) atoms. The molecule has 0 radical (unpaired) electrons. The van der Waals surface area contributed by atoms with Crippen LogP contribution in [0, 0.1) is 5.82 Å². The second-order valence-electron chi connectivity index (χ2n) is 8.65. The first-order chi connectivity index (χ1) is 15.2. The lowest BCUT2D eigenvalue weighted by Crippen LogP contribution is -2.48. The minimum atomic E-state index is -0.177. The lowest BCUT2D eigenvalue weighted by molar-refractivity contribution is 0.0572. The molecule has 3 aromatic rings. The van der Waals surface area contributed by atoms with Crippen molar-refractivity contribution in [2.24, 2.45) is 0 Å². The van der Waals surface area contributed by atoms with E-state index < -0.39 is 0 Å². The number of nitrogens with zero attached hydrogens (tertiary/aromatic N) is 2. The molecule has 2 heterocycles. The van der Waals surface area contributed by atoms with Gasteiger partial charge in [-0.05, 0) is 53.9 Å². The Bertz CT molecular complexity index is 999. The first kappa shape index (κ1) is 20.2. The fourth-order valence-corrected chi connectivity index (χ4v) is 5.10. The van der Waals surface area contributed by atoms with E-state index in [1.165, 1.54) is 16.7 Å². The summed E-state index contributed by atoms with van der Waals surface area (Å²) in [7, 11) is 0. The van der Waals surface area contributed by atoms with Crippen molar-refractivity contribution < 1.29 is 9.13 Å². The van der Waals surface area contributed by atoms with Gasteiger partial charge in [0.15, 0.2) is 0 Å². The maximum absolute atomic E-state index is 13.2. The summed E-state index contributed by atoms with van der Waals surface area (Å²) in [4.78, 5) is 4.91. The fourth-order valence-electron chi connectivity index (χ4n) is 5.10. The van der Waals surface area contributed by atoms with Crippen molar-refractivity contribution in [3.63, 3.8) is 0 Å². The van der Waals surface area contributed by atoms with E-state index in [-0.39, 0.29) is 11.2 Å². The number of ether oxygens (including phenoxy) is 1. The molecule has 0 N–H and O–H groups in total. The van der Waals surface area contributed by atoms with E-state index in [0.29, 0.717) is 6.61 Å². The van der Waals surface area contributed by atoms with Crippen LogP contribution >= 0.6 is 0 Å². The molecule has 0 aliphatic carbocycles. The standard InChI is InChI=1S/C27H29FN2O/c28-24-10-12-25(13-11-24)30-18-16-29(17-19-30)15-14-27(23-7-2-1-3-8-23)21-31-20-22-6-4-5-9-26(22)27/h1-13H,14-21H2. The Morgan fingerprint density at radius 2 is 1.52 bits per heavy atom. The molecule has 0 spiro atoms. The molecule has 0 aromatic heterocycles. The molecule has 3 aromatic carbocycles. The highest BCUT2D eigenvalue weighted by molar-refractivity contribution is 5.47. The summed E-state index contributed by atoms with van der Waals surface area (Å²) in [6.45, 7) is 6.43. The summed E-state index contributed by atoms with van der Waals surface area (Å²) in [6.07, 6.45) is 1.03. The maximum atomic E-state index is 13.2. The zero-order valence-corrected chi connectivity index (χ0v) is 17.8. The number of hydrogen-bond donors (Lipinski definition) is 0. The van der Waals surface area contributed by atoms with Crippen LogP contribution in [0.1, 0.15) is 23.1 Å². The monoisotopic (exact) mass is 416 g/mol. The molecule has 1 saturated heterocycles. The van der Waals surface area contributed by atoms with Crippen molar-refractivity contribution in [1.29, 1.82) is 0 Å². The molecule has 1 unspecified atom stereocenters. The van der Waals surface area contributed by atoms with Crippen molar-refractivity contribution in [3.05, 3.63) is 101 Å². The van der Waals surface area contributed by atoms with Crippen LogP contribution in [-0.2, 0) is 16.8 Å². The molecule has 160 valence electrons. The first-order valence-electron chi connectivity index (χ1n) is 11.2.